The van der Waals surface area contributed by atoms with Gasteiger partial charge in [0.2, 0.25) is 10.0 Å². The summed E-state index contributed by atoms with van der Waals surface area (Å²) in [7, 11) is -2.04. The number of methoxy groups -OCH3 is 1. The Morgan fingerprint density at radius 2 is 1.88 bits per heavy atom. The molecular formula is C16H18BrN3O5S. The van der Waals surface area contributed by atoms with Gasteiger partial charge in [-0.05, 0) is 39.2 Å². The first-order chi connectivity index (χ1) is 12.3. The fraction of sp³-hybridized carbons (Fsp3) is 0.312. The van der Waals surface area contributed by atoms with E-state index in [9.17, 15) is 13.2 Å². The Morgan fingerprint density at radius 3 is 2.46 bits per heavy atom. The average Bonchev–Trinajstić information content (AvgIpc) is 2.57. The Bertz CT molecular complexity index is 862. The molecule has 0 aliphatic carbocycles. The lowest BCUT2D eigenvalue weighted by atomic mass is 10.1. The zero-order valence-corrected chi connectivity index (χ0v) is 16.6. The number of nitrogens with zero attached hydrogens (tertiary/aromatic N) is 2. The lowest BCUT2D eigenvalue weighted by Gasteiger charge is -2.20. The molecule has 2 aromatic rings. The van der Waals surface area contributed by atoms with Crippen molar-refractivity contribution >= 4 is 32.2 Å². The highest BCUT2D eigenvalue weighted by Crippen LogP contribution is 2.37. The Morgan fingerprint density at radius 1 is 1.23 bits per heavy atom. The maximum absolute atomic E-state index is 11.5. The van der Waals surface area contributed by atoms with E-state index in [4.69, 9.17) is 9.47 Å². The summed E-state index contributed by atoms with van der Waals surface area (Å²) in [4.78, 5) is 18.8. The van der Waals surface area contributed by atoms with Crippen LogP contribution in [0.4, 0.5) is 0 Å². The molecular weight excluding hydrogens is 426 g/mol. The van der Waals surface area contributed by atoms with Gasteiger partial charge in [0.05, 0.1) is 19.8 Å². The van der Waals surface area contributed by atoms with Crippen LogP contribution in [0.5, 0.6) is 11.5 Å². The highest BCUT2D eigenvalue weighted by molar-refractivity contribution is 9.10. The lowest BCUT2D eigenvalue weighted by Crippen LogP contribution is -2.38. The molecule has 1 N–H and O–H groups in total. The molecule has 140 valence electrons. The Balaban J connectivity index is 2.33. The van der Waals surface area contributed by atoms with Crippen LogP contribution in [0, 0.1) is 0 Å². The first-order valence-corrected chi connectivity index (χ1v) is 10.2. The first-order valence-electron chi connectivity index (χ1n) is 7.50. The second-order valence-electron chi connectivity index (χ2n) is 5.43. The molecule has 26 heavy (non-hydrogen) atoms. The Labute approximate surface area is 160 Å². The zero-order chi connectivity index (χ0) is 19.2. The summed E-state index contributed by atoms with van der Waals surface area (Å²) in [5, 5.41) is 0. The minimum absolute atomic E-state index is 0.140. The second kappa shape index (κ2) is 9.06. The highest BCUT2D eigenvalue weighted by Gasteiger charge is 2.19. The van der Waals surface area contributed by atoms with Crippen molar-refractivity contribution in [3.63, 3.8) is 0 Å². The minimum Gasteiger partial charge on any atom is -0.495 e. The number of nitrogens with one attached hydrogen (secondary N) is 1. The number of benzene rings is 1. The summed E-state index contributed by atoms with van der Waals surface area (Å²) in [6.45, 7) is 0. The second-order valence-corrected chi connectivity index (χ2v) is 8.01. The lowest BCUT2D eigenvalue weighted by molar-refractivity contribution is -0.109. The predicted octanol–water partition coefficient (Wildman–Crippen LogP) is 1.68. The number of carbonyl (C=O) groups is 1. The van der Waals surface area contributed by atoms with E-state index in [0.717, 1.165) is 17.4 Å². The maximum atomic E-state index is 11.5. The number of aldehydes is 1. The van der Waals surface area contributed by atoms with E-state index >= 15 is 0 Å². The van der Waals surface area contributed by atoms with Gasteiger partial charge < -0.3 is 14.3 Å². The van der Waals surface area contributed by atoms with Crippen molar-refractivity contribution in [1.29, 1.82) is 0 Å². The van der Waals surface area contributed by atoms with Crippen molar-refractivity contribution in [1.82, 2.24) is 14.7 Å². The molecule has 8 nitrogen and oxygen atoms in total. The fourth-order valence-corrected chi connectivity index (χ4v) is 3.33. The minimum atomic E-state index is -3.55. The molecule has 1 aromatic heterocycles. The van der Waals surface area contributed by atoms with Crippen LogP contribution in [0.1, 0.15) is 17.5 Å². The summed E-state index contributed by atoms with van der Waals surface area (Å²) in [5.41, 5.74) is 1.74. The van der Waals surface area contributed by atoms with Gasteiger partial charge in [0.15, 0.2) is 6.23 Å². The molecule has 10 heteroatoms. The number of ether oxygens (including phenoxy) is 2. The van der Waals surface area contributed by atoms with E-state index in [1.54, 1.807) is 18.5 Å². The van der Waals surface area contributed by atoms with E-state index in [0.29, 0.717) is 28.7 Å². The maximum Gasteiger partial charge on any atom is 0.211 e. The third-order valence-corrected chi connectivity index (χ3v) is 4.71. The van der Waals surface area contributed by atoms with Crippen LogP contribution < -0.4 is 14.2 Å². The van der Waals surface area contributed by atoms with E-state index in [2.05, 4.69) is 30.6 Å². The zero-order valence-electron chi connectivity index (χ0n) is 14.2. The van der Waals surface area contributed by atoms with Crippen LogP contribution in [0.2, 0.25) is 0 Å². The molecule has 0 aliphatic heterocycles. The summed E-state index contributed by atoms with van der Waals surface area (Å²) in [6.07, 6.45) is 5.77. The molecule has 0 amide bonds. The summed E-state index contributed by atoms with van der Waals surface area (Å²) in [6, 6.07) is 3.56. The fourth-order valence-electron chi connectivity index (χ4n) is 2.22. The molecule has 0 radical (unpaired) electrons. The Kier molecular flexibility index (Phi) is 7.06. The van der Waals surface area contributed by atoms with Crippen molar-refractivity contribution in [2.45, 2.75) is 19.1 Å². The van der Waals surface area contributed by atoms with Crippen molar-refractivity contribution in [2.75, 3.05) is 13.4 Å². The molecule has 2 rings (SSSR count). The molecule has 0 spiro atoms. The molecule has 0 saturated carbocycles. The molecule has 0 bridgehead atoms. The molecule has 1 unspecified atom stereocenters. The van der Waals surface area contributed by atoms with Gasteiger partial charge >= 0.3 is 0 Å². The van der Waals surface area contributed by atoms with Crippen molar-refractivity contribution in [2.24, 2.45) is 0 Å². The number of hydrogen-bond donors (Lipinski definition) is 1. The van der Waals surface area contributed by atoms with Gasteiger partial charge in [0, 0.05) is 18.8 Å². The number of sulfonamides is 1. The number of aromatic nitrogens is 2. The van der Waals surface area contributed by atoms with Gasteiger partial charge in [-0.25, -0.2) is 18.4 Å². The SMILES string of the molecule is COc1cc(Cc2cncnc2)cc(OC(CC=O)NS(C)(=O)=O)c1Br. The van der Waals surface area contributed by atoms with Crippen LogP contribution in [-0.2, 0) is 21.2 Å². The summed E-state index contributed by atoms with van der Waals surface area (Å²) in [5.74, 6) is 0.859. The van der Waals surface area contributed by atoms with Crippen LogP contribution in [0.25, 0.3) is 0 Å². The van der Waals surface area contributed by atoms with Crippen molar-refractivity contribution in [3.05, 3.63) is 46.5 Å². The first kappa shape index (κ1) is 20.3. The topological polar surface area (TPSA) is 107 Å². The summed E-state index contributed by atoms with van der Waals surface area (Å²) >= 11 is 3.38. The van der Waals surface area contributed by atoms with Crippen molar-refractivity contribution < 1.29 is 22.7 Å². The van der Waals surface area contributed by atoms with Gasteiger partial charge in [-0.2, -0.15) is 4.72 Å². The van der Waals surface area contributed by atoms with Gasteiger partial charge in [0.1, 0.15) is 28.6 Å². The highest BCUT2D eigenvalue weighted by atomic mass is 79.9. The number of carbonyl (C=O) groups excluding carboxylic acids is 1. The largest absolute Gasteiger partial charge is 0.495 e. The van der Waals surface area contributed by atoms with E-state index in [1.165, 1.54) is 13.4 Å². The molecule has 1 atom stereocenters. The molecule has 1 aromatic carbocycles. The third-order valence-electron chi connectivity index (χ3n) is 3.23. The molecule has 0 saturated heterocycles. The van der Waals surface area contributed by atoms with Crippen LogP contribution in [0.15, 0.2) is 35.3 Å². The standard InChI is InChI=1S/C16H18BrN3O5S/c1-24-13-6-11(5-12-8-18-10-19-9-12)7-14(16(13)17)25-15(3-4-21)20-26(2,22)23/h4,6-10,15,20H,3,5H2,1-2H3. The van der Waals surface area contributed by atoms with Gasteiger partial charge in [-0.1, -0.05) is 0 Å². The summed E-state index contributed by atoms with van der Waals surface area (Å²) < 4.78 is 36.8. The van der Waals surface area contributed by atoms with Crippen LogP contribution in [0.3, 0.4) is 0 Å². The quantitative estimate of drug-likeness (QED) is 0.463. The van der Waals surface area contributed by atoms with Gasteiger partial charge in [-0.15, -0.1) is 0 Å². The van der Waals surface area contributed by atoms with E-state index < -0.39 is 16.3 Å². The van der Waals surface area contributed by atoms with Crippen LogP contribution >= 0.6 is 15.9 Å². The number of halogens is 1. The normalized spacial score (nSPS) is 12.4. The van der Waals surface area contributed by atoms with Gasteiger partial charge in [-0.3, -0.25) is 0 Å². The third kappa shape index (κ3) is 6.04. The van der Waals surface area contributed by atoms with E-state index in [-0.39, 0.29) is 6.42 Å². The van der Waals surface area contributed by atoms with E-state index in [1.807, 2.05) is 6.07 Å². The monoisotopic (exact) mass is 443 g/mol. The van der Waals surface area contributed by atoms with Crippen LogP contribution in [-0.4, -0.2) is 44.3 Å². The molecule has 0 fully saturated rings. The number of hydrogen-bond acceptors (Lipinski definition) is 7. The Hall–Kier alpha value is -2.04. The predicted molar refractivity (Wildman–Crippen MR) is 98.6 cm³/mol. The van der Waals surface area contributed by atoms with Crippen molar-refractivity contribution in [3.8, 4) is 11.5 Å². The molecule has 0 aliphatic rings. The number of rotatable bonds is 9. The smallest absolute Gasteiger partial charge is 0.211 e. The van der Waals surface area contributed by atoms with Gasteiger partial charge in [0.25, 0.3) is 0 Å². The average molecular weight is 444 g/mol. The molecule has 1 heterocycles.